The highest BCUT2D eigenvalue weighted by Crippen LogP contribution is 2.54. The van der Waals surface area contributed by atoms with Crippen LogP contribution in [0.1, 0.15) is 30.5 Å². The lowest BCUT2D eigenvalue weighted by atomic mass is 9.84. The standard InChI is InChI=1S/C38H24I2O4S2/c1-19-29(33(39)35(45-19)21-9-5-3-6-10-21)31-27-17-23(37(41)42)13-15-25(27)26-16-14-24(38(43)44)18-28(26)32(31)30-20(2)46-36(34(30)40)22-11-7-4-8-12-22/h3-18H,1-2H3,(H,41,42)(H,43,44). The second-order valence-corrected chi connectivity index (χ2v) is 15.6. The molecule has 0 unspecified atom stereocenters. The Morgan fingerprint density at radius 1 is 0.522 bits per heavy atom. The zero-order valence-electron chi connectivity index (χ0n) is 24.5. The summed E-state index contributed by atoms with van der Waals surface area (Å²) in [4.78, 5) is 29.2. The maximum absolute atomic E-state index is 12.4. The third-order valence-corrected chi connectivity index (χ3v) is 13.4. The molecular formula is C38H24I2O4S2. The fourth-order valence-electron chi connectivity index (χ4n) is 6.18. The molecule has 0 aliphatic heterocycles. The second kappa shape index (κ2) is 12.2. The fourth-order valence-corrected chi connectivity index (χ4v) is 11.3. The molecular weight excluding hydrogens is 838 g/mol. The lowest BCUT2D eigenvalue weighted by Crippen LogP contribution is -2.00. The molecule has 0 fully saturated rings. The minimum absolute atomic E-state index is 0.203. The number of aryl methyl sites for hydroxylation is 2. The van der Waals surface area contributed by atoms with Crippen LogP contribution in [0, 0.1) is 21.0 Å². The van der Waals surface area contributed by atoms with Crippen LogP contribution >= 0.6 is 67.9 Å². The normalized spacial score (nSPS) is 11.4. The lowest BCUT2D eigenvalue weighted by molar-refractivity contribution is 0.0686. The van der Waals surface area contributed by atoms with E-state index >= 15 is 0 Å². The summed E-state index contributed by atoms with van der Waals surface area (Å²) in [5, 5.41) is 23.6. The first-order chi connectivity index (χ1) is 22.2. The molecule has 4 nitrogen and oxygen atoms in total. The second-order valence-electron chi connectivity index (χ2n) is 11.0. The molecule has 0 saturated carbocycles. The van der Waals surface area contributed by atoms with Gasteiger partial charge in [-0.3, -0.25) is 0 Å². The quantitative estimate of drug-likeness (QED) is 0.129. The molecule has 2 aromatic heterocycles. The summed E-state index contributed by atoms with van der Waals surface area (Å²) in [5.74, 6) is -1.99. The van der Waals surface area contributed by atoms with E-state index in [1.54, 1.807) is 46.9 Å². The van der Waals surface area contributed by atoms with Gasteiger partial charge in [-0.1, -0.05) is 72.8 Å². The van der Waals surface area contributed by atoms with Gasteiger partial charge in [0.1, 0.15) is 0 Å². The van der Waals surface area contributed by atoms with Crippen molar-refractivity contribution in [3.63, 3.8) is 0 Å². The summed E-state index contributed by atoms with van der Waals surface area (Å²) < 4.78 is 2.16. The molecule has 46 heavy (non-hydrogen) atoms. The number of aromatic carboxylic acids is 2. The van der Waals surface area contributed by atoms with Crippen molar-refractivity contribution in [2.75, 3.05) is 0 Å². The van der Waals surface area contributed by atoms with Crippen molar-refractivity contribution in [3.05, 3.63) is 125 Å². The van der Waals surface area contributed by atoms with E-state index in [0.717, 1.165) is 81.6 Å². The third kappa shape index (κ3) is 5.15. The van der Waals surface area contributed by atoms with Crippen LogP contribution in [0.2, 0.25) is 0 Å². The Bertz CT molecular complexity index is 2190. The Hall–Kier alpha value is -3.58. The van der Waals surface area contributed by atoms with Crippen LogP contribution in [0.4, 0.5) is 0 Å². The molecule has 0 spiro atoms. The van der Waals surface area contributed by atoms with Crippen molar-refractivity contribution in [1.29, 1.82) is 0 Å². The van der Waals surface area contributed by atoms with Gasteiger partial charge in [0, 0.05) is 48.9 Å². The van der Waals surface area contributed by atoms with Crippen molar-refractivity contribution in [2.24, 2.45) is 0 Å². The van der Waals surface area contributed by atoms with Gasteiger partial charge in [0.25, 0.3) is 0 Å². The van der Waals surface area contributed by atoms with E-state index in [1.165, 1.54) is 0 Å². The molecule has 0 aliphatic rings. The third-order valence-electron chi connectivity index (χ3n) is 8.24. The summed E-state index contributed by atoms with van der Waals surface area (Å²) in [6.45, 7) is 4.23. The Balaban J connectivity index is 1.71. The summed E-state index contributed by atoms with van der Waals surface area (Å²) in [6, 6.07) is 31.1. The average Bonchev–Trinajstić information content (AvgIpc) is 3.53. The topological polar surface area (TPSA) is 74.6 Å². The fraction of sp³-hybridized carbons (Fsp3) is 0.0526. The number of halogens is 2. The Kier molecular flexibility index (Phi) is 8.25. The van der Waals surface area contributed by atoms with E-state index in [4.69, 9.17) is 0 Å². The minimum atomic E-state index is -0.995. The molecule has 0 atom stereocenters. The molecule has 0 radical (unpaired) electrons. The molecule has 8 heteroatoms. The van der Waals surface area contributed by atoms with Crippen molar-refractivity contribution in [2.45, 2.75) is 13.8 Å². The first-order valence-electron chi connectivity index (χ1n) is 14.3. The van der Waals surface area contributed by atoms with Gasteiger partial charge in [0.2, 0.25) is 0 Å². The van der Waals surface area contributed by atoms with Crippen LogP contribution in [0.25, 0.3) is 64.7 Å². The van der Waals surface area contributed by atoms with Gasteiger partial charge >= 0.3 is 11.9 Å². The lowest BCUT2D eigenvalue weighted by Gasteiger charge is -2.20. The van der Waals surface area contributed by atoms with Crippen molar-refractivity contribution >= 4 is 101 Å². The minimum Gasteiger partial charge on any atom is -0.478 e. The zero-order chi connectivity index (χ0) is 32.3. The van der Waals surface area contributed by atoms with Crippen LogP contribution < -0.4 is 0 Å². The van der Waals surface area contributed by atoms with Crippen LogP contribution in [0.5, 0.6) is 0 Å². The molecule has 5 aromatic carbocycles. The van der Waals surface area contributed by atoms with Crippen LogP contribution in [0.15, 0.2) is 97.1 Å². The maximum atomic E-state index is 12.4. The molecule has 0 saturated heterocycles. The number of carbonyl (C=O) groups is 2. The van der Waals surface area contributed by atoms with Gasteiger partial charge in [-0.15, -0.1) is 22.7 Å². The summed E-state index contributed by atoms with van der Waals surface area (Å²) in [5.41, 5.74) is 6.56. The van der Waals surface area contributed by atoms with Crippen LogP contribution in [-0.4, -0.2) is 22.2 Å². The maximum Gasteiger partial charge on any atom is 0.335 e. The van der Waals surface area contributed by atoms with Gasteiger partial charge in [-0.25, -0.2) is 9.59 Å². The van der Waals surface area contributed by atoms with E-state index in [-0.39, 0.29) is 11.1 Å². The van der Waals surface area contributed by atoms with Crippen molar-refractivity contribution in [3.8, 4) is 43.1 Å². The smallest absolute Gasteiger partial charge is 0.335 e. The SMILES string of the molecule is Cc1sc(-c2ccccc2)c(I)c1-c1c(-c2c(C)sc(-c3ccccc3)c2I)c2cc(C(=O)O)ccc2c2ccc(C(=O)O)cc12. The van der Waals surface area contributed by atoms with Gasteiger partial charge < -0.3 is 10.2 Å². The van der Waals surface area contributed by atoms with Gasteiger partial charge in [0.05, 0.1) is 11.1 Å². The van der Waals surface area contributed by atoms with Gasteiger partial charge in [0.15, 0.2) is 0 Å². The van der Waals surface area contributed by atoms with E-state index < -0.39 is 11.9 Å². The molecule has 0 aliphatic carbocycles. The number of hydrogen-bond acceptors (Lipinski definition) is 4. The first-order valence-corrected chi connectivity index (χ1v) is 18.1. The molecule has 7 aromatic rings. The van der Waals surface area contributed by atoms with E-state index in [0.29, 0.717) is 0 Å². The van der Waals surface area contributed by atoms with E-state index in [2.05, 4.69) is 83.3 Å². The predicted octanol–water partition coefficient (Wildman–Crippen LogP) is 12.0. The largest absolute Gasteiger partial charge is 0.478 e. The molecule has 2 heterocycles. The van der Waals surface area contributed by atoms with Crippen LogP contribution in [0.3, 0.4) is 0 Å². The molecule has 0 bridgehead atoms. The number of hydrogen-bond donors (Lipinski definition) is 2. The van der Waals surface area contributed by atoms with Gasteiger partial charge in [-0.2, -0.15) is 0 Å². The summed E-state index contributed by atoms with van der Waals surface area (Å²) >= 11 is 8.30. The molecule has 0 amide bonds. The number of fused-ring (bicyclic) bond motifs is 3. The Labute approximate surface area is 300 Å². The van der Waals surface area contributed by atoms with Crippen LogP contribution in [-0.2, 0) is 0 Å². The van der Waals surface area contributed by atoms with Gasteiger partial charge in [-0.05, 0) is 116 Å². The van der Waals surface area contributed by atoms with Crippen molar-refractivity contribution < 1.29 is 19.8 Å². The van der Waals surface area contributed by atoms with E-state index in [1.807, 2.05) is 48.5 Å². The molecule has 7 rings (SSSR count). The number of rotatable bonds is 6. The zero-order valence-corrected chi connectivity index (χ0v) is 30.5. The Morgan fingerprint density at radius 2 is 0.891 bits per heavy atom. The monoisotopic (exact) mass is 862 g/mol. The number of carboxylic acid groups (broad SMARTS) is 2. The van der Waals surface area contributed by atoms with E-state index in [9.17, 15) is 19.8 Å². The molecule has 226 valence electrons. The first kappa shape index (κ1) is 31.0. The number of carboxylic acids is 2. The summed E-state index contributed by atoms with van der Waals surface area (Å²) in [7, 11) is 0. The highest BCUT2D eigenvalue weighted by atomic mass is 127. The highest BCUT2D eigenvalue weighted by Gasteiger charge is 2.28. The highest BCUT2D eigenvalue weighted by molar-refractivity contribution is 14.1. The van der Waals surface area contributed by atoms with Crippen molar-refractivity contribution in [1.82, 2.24) is 0 Å². The predicted molar refractivity (Wildman–Crippen MR) is 208 cm³/mol. The average molecular weight is 863 g/mol. The molecule has 2 N–H and O–H groups in total. The number of benzene rings is 5. The Morgan fingerprint density at radius 3 is 1.24 bits per heavy atom. The number of thiophene rings is 2. The summed E-state index contributed by atoms with van der Waals surface area (Å²) in [6.07, 6.45) is 0.